The lowest BCUT2D eigenvalue weighted by atomic mass is 10.1. The highest BCUT2D eigenvalue weighted by molar-refractivity contribution is 7.16. The molecule has 0 saturated heterocycles. The highest BCUT2D eigenvalue weighted by Gasteiger charge is 2.17. The lowest BCUT2D eigenvalue weighted by molar-refractivity contribution is 0.102. The third-order valence-electron chi connectivity index (χ3n) is 2.70. The number of aryl methyl sites for hydroxylation is 1. The van der Waals surface area contributed by atoms with E-state index in [1.165, 1.54) is 29.9 Å². The summed E-state index contributed by atoms with van der Waals surface area (Å²) >= 11 is 1.41. The molecule has 0 spiro atoms. The summed E-state index contributed by atoms with van der Waals surface area (Å²) < 4.78 is 0. The van der Waals surface area contributed by atoms with Crippen molar-refractivity contribution < 1.29 is 4.79 Å². The van der Waals surface area contributed by atoms with E-state index < -0.39 is 0 Å². The van der Waals surface area contributed by atoms with Crippen LogP contribution in [0.4, 0.5) is 5.00 Å². The maximum absolute atomic E-state index is 12.0. The largest absolute Gasteiger partial charge is 0.311 e. The minimum Gasteiger partial charge on any atom is -0.311 e. The van der Waals surface area contributed by atoms with Gasteiger partial charge in [0, 0.05) is 17.3 Å². The average molecular weight is 272 g/mol. The van der Waals surface area contributed by atoms with Crippen LogP contribution < -0.4 is 5.32 Å². The van der Waals surface area contributed by atoms with E-state index in [1.807, 2.05) is 13.8 Å². The molecule has 96 valence electrons. The minimum atomic E-state index is -0.353. The summed E-state index contributed by atoms with van der Waals surface area (Å²) in [6.07, 6.45) is 5.12. The molecule has 6 heteroatoms. The van der Waals surface area contributed by atoms with Crippen LogP contribution in [0.1, 0.15) is 33.4 Å². The molecule has 2 aromatic rings. The van der Waals surface area contributed by atoms with Gasteiger partial charge < -0.3 is 5.32 Å². The lowest BCUT2D eigenvalue weighted by Crippen LogP contribution is -2.13. The number of rotatable bonds is 3. The quantitative estimate of drug-likeness (QED) is 0.931. The summed E-state index contributed by atoms with van der Waals surface area (Å²) in [5, 5.41) is 12.5. The number of thiophene rings is 1. The van der Waals surface area contributed by atoms with E-state index in [9.17, 15) is 10.1 Å². The van der Waals surface area contributed by atoms with E-state index in [2.05, 4.69) is 21.4 Å². The molecule has 0 aliphatic rings. The van der Waals surface area contributed by atoms with E-state index >= 15 is 0 Å². The first kappa shape index (κ1) is 13.2. The molecule has 2 aromatic heterocycles. The molecular weight excluding hydrogens is 260 g/mol. The molecular formula is C13H12N4OS. The van der Waals surface area contributed by atoms with Crippen LogP contribution in [0.15, 0.2) is 18.6 Å². The molecule has 1 N–H and O–H groups in total. The van der Waals surface area contributed by atoms with Crippen molar-refractivity contribution in [1.82, 2.24) is 9.97 Å². The van der Waals surface area contributed by atoms with Gasteiger partial charge in [0.2, 0.25) is 0 Å². The molecule has 0 aromatic carbocycles. The number of carbonyl (C=O) groups is 1. The van der Waals surface area contributed by atoms with Crippen molar-refractivity contribution >= 4 is 22.2 Å². The van der Waals surface area contributed by atoms with Gasteiger partial charge in [-0.15, -0.1) is 11.3 Å². The summed E-state index contributed by atoms with van der Waals surface area (Å²) in [5.74, 6) is -0.353. The zero-order chi connectivity index (χ0) is 13.8. The first-order valence-electron chi connectivity index (χ1n) is 5.77. The molecule has 19 heavy (non-hydrogen) atoms. The second kappa shape index (κ2) is 5.59. The van der Waals surface area contributed by atoms with Crippen molar-refractivity contribution in [2.75, 3.05) is 5.32 Å². The molecule has 0 unspecified atom stereocenters. The monoisotopic (exact) mass is 272 g/mol. The number of hydrogen-bond donors (Lipinski definition) is 1. The standard InChI is InChI=1S/C13H12N4OS/c1-3-9-8(2)19-13(10(9)6-14)17-12(18)11-7-15-4-5-16-11/h4-5,7H,3H2,1-2H3,(H,17,18). The third kappa shape index (κ3) is 2.61. The lowest BCUT2D eigenvalue weighted by Gasteiger charge is -2.02. The number of aromatic nitrogens is 2. The van der Waals surface area contributed by atoms with Gasteiger partial charge in [0.1, 0.15) is 16.8 Å². The smallest absolute Gasteiger partial charge is 0.276 e. The van der Waals surface area contributed by atoms with Gasteiger partial charge in [-0.1, -0.05) is 6.92 Å². The summed E-state index contributed by atoms with van der Waals surface area (Å²) in [7, 11) is 0. The Kier molecular flexibility index (Phi) is 3.88. The average Bonchev–Trinajstić information content (AvgIpc) is 2.74. The molecule has 0 fully saturated rings. The topological polar surface area (TPSA) is 78.7 Å². The Hall–Kier alpha value is -2.26. The van der Waals surface area contributed by atoms with E-state index in [-0.39, 0.29) is 11.6 Å². The number of carbonyl (C=O) groups excluding carboxylic acids is 1. The second-order valence-corrected chi connectivity index (χ2v) is 5.08. The predicted molar refractivity (Wildman–Crippen MR) is 73.1 cm³/mol. The fourth-order valence-corrected chi connectivity index (χ4v) is 2.88. The number of hydrogen-bond acceptors (Lipinski definition) is 5. The first-order valence-corrected chi connectivity index (χ1v) is 6.58. The van der Waals surface area contributed by atoms with Crippen molar-refractivity contribution in [2.45, 2.75) is 20.3 Å². The van der Waals surface area contributed by atoms with Crippen LogP contribution >= 0.6 is 11.3 Å². The van der Waals surface area contributed by atoms with Crippen LogP contribution in [0.25, 0.3) is 0 Å². The van der Waals surface area contributed by atoms with Crippen molar-refractivity contribution in [3.8, 4) is 6.07 Å². The number of nitriles is 1. The van der Waals surface area contributed by atoms with Gasteiger partial charge in [-0.25, -0.2) is 4.98 Å². The van der Waals surface area contributed by atoms with Crippen LogP contribution in [0.3, 0.4) is 0 Å². The number of anilines is 1. The van der Waals surface area contributed by atoms with Crippen molar-refractivity contribution in [3.63, 3.8) is 0 Å². The number of amides is 1. The van der Waals surface area contributed by atoms with Crippen LogP contribution in [-0.4, -0.2) is 15.9 Å². The third-order valence-corrected chi connectivity index (χ3v) is 3.76. The van der Waals surface area contributed by atoms with Gasteiger partial charge in [-0.2, -0.15) is 5.26 Å². The van der Waals surface area contributed by atoms with Crippen molar-refractivity contribution in [1.29, 1.82) is 5.26 Å². The molecule has 2 heterocycles. The normalized spacial score (nSPS) is 9.95. The van der Waals surface area contributed by atoms with Gasteiger partial charge >= 0.3 is 0 Å². The molecule has 5 nitrogen and oxygen atoms in total. The first-order chi connectivity index (χ1) is 9.17. The predicted octanol–water partition coefficient (Wildman–Crippen LogP) is 2.53. The minimum absolute atomic E-state index is 0.232. The molecule has 2 rings (SSSR count). The highest BCUT2D eigenvalue weighted by Crippen LogP contribution is 2.32. The van der Waals surface area contributed by atoms with Gasteiger partial charge in [-0.05, 0) is 18.9 Å². The van der Waals surface area contributed by atoms with Gasteiger partial charge in [-0.3, -0.25) is 9.78 Å². The molecule has 0 bridgehead atoms. The fraction of sp³-hybridized carbons (Fsp3) is 0.231. The van der Waals surface area contributed by atoms with Crippen LogP contribution in [0.2, 0.25) is 0 Å². The molecule has 0 aliphatic carbocycles. The van der Waals surface area contributed by atoms with Crippen LogP contribution in [0.5, 0.6) is 0 Å². The van der Waals surface area contributed by atoms with Crippen molar-refractivity contribution in [2.24, 2.45) is 0 Å². The maximum Gasteiger partial charge on any atom is 0.276 e. The fourth-order valence-electron chi connectivity index (χ4n) is 1.79. The SMILES string of the molecule is CCc1c(C)sc(NC(=O)c2cnccn2)c1C#N. The zero-order valence-electron chi connectivity index (χ0n) is 10.6. The molecule has 0 saturated carbocycles. The van der Waals surface area contributed by atoms with E-state index in [0.29, 0.717) is 10.6 Å². The van der Waals surface area contributed by atoms with Gasteiger partial charge in [0.05, 0.1) is 11.8 Å². The number of nitrogens with zero attached hydrogens (tertiary/aromatic N) is 3. The Labute approximate surface area is 114 Å². The highest BCUT2D eigenvalue weighted by atomic mass is 32.1. The Morgan fingerprint density at radius 2 is 2.32 bits per heavy atom. The molecule has 0 radical (unpaired) electrons. The summed E-state index contributed by atoms with van der Waals surface area (Å²) in [6, 6.07) is 2.15. The van der Waals surface area contributed by atoms with Crippen molar-refractivity contribution in [3.05, 3.63) is 40.3 Å². The zero-order valence-corrected chi connectivity index (χ0v) is 11.4. The Morgan fingerprint density at radius 1 is 1.53 bits per heavy atom. The van der Waals surface area contributed by atoms with Crippen LogP contribution in [0, 0.1) is 18.3 Å². The second-order valence-electron chi connectivity index (χ2n) is 3.85. The van der Waals surface area contributed by atoms with Crippen LogP contribution in [-0.2, 0) is 6.42 Å². The summed E-state index contributed by atoms with van der Waals surface area (Å²) in [4.78, 5) is 20.8. The Morgan fingerprint density at radius 3 is 2.89 bits per heavy atom. The van der Waals surface area contributed by atoms with E-state index in [4.69, 9.17) is 0 Å². The summed E-state index contributed by atoms with van der Waals surface area (Å²) in [5.41, 5.74) is 1.76. The molecule has 1 amide bonds. The van der Waals surface area contributed by atoms with Gasteiger partial charge in [0.15, 0.2) is 0 Å². The summed E-state index contributed by atoms with van der Waals surface area (Å²) in [6.45, 7) is 3.94. The Balaban J connectivity index is 2.30. The van der Waals surface area contributed by atoms with E-state index in [0.717, 1.165) is 16.9 Å². The molecule has 0 aliphatic heterocycles. The number of nitrogens with one attached hydrogen (secondary N) is 1. The van der Waals surface area contributed by atoms with Gasteiger partial charge in [0.25, 0.3) is 5.91 Å². The Bertz CT molecular complexity index is 643. The molecule has 0 atom stereocenters. The maximum atomic E-state index is 12.0. The van der Waals surface area contributed by atoms with E-state index in [1.54, 1.807) is 0 Å².